The fourth-order valence-electron chi connectivity index (χ4n) is 2.92. The normalized spacial score (nSPS) is 12.3. The van der Waals surface area contributed by atoms with Crippen LogP contribution in [0, 0.1) is 6.92 Å². The summed E-state index contributed by atoms with van der Waals surface area (Å²) in [5, 5.41) is 13.0. The quantitative estimate of drug-likeness (QED) is 0.729. The third-order valence-electron chi connectivity index (χ3n) is 4.21. The van der Waals surface area contributed by atoms with Gasteiger partial charge >= 0.3 is 5.97 Å². The summed E-state index contributed by atoms with van der Waals surface area (Å²) in [5.41, 5.74) is 1.74. The van der Waals surface area contributed by atoms with Crippen molar-refractivity contribution in [2.24, 2.45) is 0 Å². The van der Waals surface area contributed by atoms with Gasteiger partial charge in [0.1, 0.15) is 22.7 Å². The number of benzene rings is 1. The minimum Gasteiger partial charge on any atom is -0.478 e. The molecule has 0 saturated carbocycles. The van der Waals surface area contributed by atoms with E-state index in [1.807, 2.05) is 38.1 Å². The van der Waals surface area contributed by atoms with E-state index < -0.39 is 11.9 Å². The predicted octanol–water partition coefficient (Wildman–Crippen LogP) is 4.09. The van der Waals surface area contributed by atoms with E-state index in [1.165, 1.54) is 6.07 Å². The third-order valence-corrected chi connectivity index (χ3v) is 4.21. The lowest BCUT2D eigenvalue weighted by atomic mass is 10.1. The molecule has 0 bridgehead atoms. The second-order valence-electron chi connectivity index (χ2n) is 5.89. The number of hydrogen-bond acceptors (Lipinski definition) is 4. The summed E-state index contributed by atoms with van der Waals surface area (Å²) in [4.78, 5) is 23.6. The van der Waals surface area contributed by atoms with Gasteiger partial charge in [0.05, 0.1) is 6.04 Å². The summed E-state index contributed by atoms with van der Waals surface area (Å²) in [5.74, 6) is -0.661. The Hall–Kier alpha value is -3.02. The Kier molecular flexibility index (Phi) is 4.35. The van der Waals surface area contributed by atoms with Gasteiger partial charge in [-0.25, -0.2) is 4.79 Å². The van der Waals surface area contributed by atoms with Gasteiger partial charge in [0.15, 0.2) is 5.76 Å². The van der Waals surface area contributed by atoms with E-state index in [-0.39, 0.29) is 23.1 Å². The maximum Gasteiger partial charge on any atom is 0.339 e. The molecule has 0 radical (unpaired) electrons. The van der Waals surface area contributed by atoms with Crippen LogP contribution in [0.4, 0.5) is 0 Å². The molecule has 0 aliphatic carbocycles. The van der Waals surface area contributed by atoms with E-state index in [1.54, 1.807) is 6.92 Å². The first-order valence-corrected chi connectivity index (χ1v) is 8.07. The van der Waals surface area contributed by atoms with Crippen molar-refractivity contribution in [1.29, 1.82) is 0 Å². The largest absolute Gasteiger partial charge is 0.478 e. The number of carboxylic acids is 1. The Morgan fingerprint density at radius 1 is 1.24 bits per heavy atom. The van der Waals surface area contributed by atoms with Crippen LogP contribution in [0.5, 0.6) is 0 Å². The first kappa shape index (κ1) is 16.8. The van der Waals surface area contributed by atoms with Crippen LogP contribution in [-0.4, -0.2) is 17.0 Å². The van der Waals surface area contributed by atoms with E-state index in [0.717, 1.165) is 16.5 Å². The lowest BCUT2D eigenvalue weighted by Gasteiger charge is -2.11. The van der Waals surface area contributed by atoms with Gasteiger partial charge in [0.2, 0.25) is 0 Å². The van der Waals surface area contributed by atoms with Crippen molar-refractivity contribution in [3.63, 3.8) is 0 Å². The van der Waals surface area contributed by atoms with Crippen molar-refractivity contribution in [3.05, 3.63) is 58.7 Å². The van der Waals surface area contributed by atoms with E-state index >= 15 is 0 Å². The summed E-state index contributed by atoms with van der Waals surface area (Å²) in [6, 6.07) is 8.53. The minimum atomic E-state index is -1.11. The van der Waals surface area contributed by atoms with Crippen molar-refractivity contribution in [2.45, 2.75) is 33.2 Å². The smallest absolute Gasteiger partial charge is 0.339 e. The molecule has 0 fully saturated rings. The number of para-hydroxylation sites is 1. The van der Waals surface area contributed by atoms with E-state index in [9.17, 15) is 9.59 Å². The second-order valence-corrected chi connectivity index (χ2v) is 5.89. The number of rotatable bonds is 5. The van der Waals surface area contributed by atoms with Gasteiger partial charge in [-0.15, -0.1) is 0 Å². The van der Waals surface area contributed by atoms with Gasteiger partial charge in [-0.1, -0.05) is 25.1 Å². The number of carbonyl (C=O) groups is 2. The molecule has 3 aromatic rings. The number of carboxylic acid groups (broad SMARTS) is 1. The highest BCUT2D eigenvalue weighted by Crippen LogP contribution is 2.29. The molecular weight excluding hydrogens is 322 g/mol. The number of furan rings is 2. The number of aromatic carboxylic acids is 1. The van der Waals surface area contributed by atoms with Crippen LogP contribution >= 0.6 is 0 Å². The lowest BCUT2D eigenvalue weighted by Crippen LogP contribution is -2.26. The van der Waals surface area contributed by atoms with Crippen LogP contribution in [0.1, 0.15) is 57.9 Å². The first-order chi connectivity index (χ1) is 11.9. The molecule has 1 amide bonds. The van der Waals surface area contributed by atoms with Crippen LogP contribution in [-0.2, 0) is 6.42 Å². The van der Waals surface area contributed by atoms with Crippen LogP contribution < -0.4 is 5.32 Å². The average Bonchev–Trinajstić information content (AvgIpc) is 3.17. The van der Waals surface area contributed by atoms with Gasteiger partial charge in [-0.05, 0) is 19.9 Å². The van der Waals surface area contributed by atoms with Crippen LogP contribution in [0.2, 0.25) is 0 Å². The average molecular weight is 341 g/mol. The molecule has 0 aliphatic rings. The number of fused-ring (bicyclic) bond motifs is 1. The van der Waals surface area contributed by atoms with Crippen LogP contribution in [0.15, 0.2) is 39.2 Å². The fourth-order valence-corrected chi connectivity index (χ4v) is 2.92. The van der Waals surface area contributed by atoms with Crippen molar-refractivity contribution < 1.29 is 23.5 Å². The van der Waals surface area contributed by atoms with E-state index in [4.69, 9.17) is 13.9 Å². The standard InChI is InChI=1S/C19H19NO5/c1-4-14-13(19(22)23)9-16(24-14)18(21)20-11(3)17-10(2)12-7-5-6-8-15(12)25-17/h5-9,11H,4H2,1-3H3,(H,20,21)(H,22,23). The summed E-state index contributed by atoms with van der Waals surface area (Å²) in [7, 11) is 0. The summed E-state index contributed by atoms with van der Waals surface area (Å²) in [6.07, 6.45) is 0.396. The molecule has 1 unspecified atom stereocenters. The van der Waals surface area contributed by atoms with Crippen LogP contribution in [0.3, 0.4) is 0 Å². The lowest BCUT2D eigenvalue weighted by molar-refractivity contribution is 0.0694. The van der Waals surface area contributed by atoms with Crippen molar-refractivity contribution in [2.75, 3.05) is 0 Å². The Balaban J connectivity index is 1.85. The molecule has 130 valence electrons. The molecule has 0 spiro atoms. The van der Waals surface area contributed by atoms with Crippen molar-refractivity contribution >= 4 is 22.8 Å². The summed E-state index contributed by atoms with van der Waals surface area (Å²) < 4.78 is 11.2. The number of hydrogen-bond donors (Lipinski definition) is 2. The number of nitrogens with one attached hydrogen (secondary N) is 1. The zero-order chi connectivity index (χ0) is 18.1. The molecule has 6 heteroatoms. The Bertz CT molecular complexity index is 950. The molecule has 25 heavy (non-hydrogen) atoms. The molecule has 6 nitrogen and oxygen atoms in total. The topological polar surface area (TPSA) is 92.7 Å². The second kappa shape index (κ2) is 6.47. The molecule has 2 N–H and O–H groups in total. The van der Waals surface area contributed by atoms with E-state index in [2.05, 4.69) is 5.32 Å². The molecule has 1 atom stereocenters. The number of aryl methyl sites for hydroxylation is 2. The zero-order valence-electron chi connectivity index (χ0n) is 14.3. The predicted molar refractivity (Wildman–Crippen MR) is 91.9 cm³/mol. The Morgan fingerprint density at radius 2 is 1.96 bits per heavy atom. The molecule has 2 heterocycles. The molecule has 0 aliphatic heterocycles. The van der Waals surface area contributed by atoms with Crippen LogP contribution in [0.25, 0.3) is 11.0 Å². The highest BCUT2D eigenvalue weighted by molar-refractivity contribution is 5.96. The van der Waals surface area contributed by atoms with Gasteiger partial charge in [0.25, 0.3) is 5.91 Å². The van der Waals surface area contributed by atoms with Gasteiger partial charge < -0.3 is 19.3 Å². The maximum absolute atomic E-state index is 12.4. The Labute approximate surface area is 144 Å². The summed E-state index contributed by atoms with van der Waals surface area (Å²) >= 11 is 0. The van der Waals surface area contributed by atoms with Gasteiger partial charge in [-0.2, -0.15) is 0 Å². The summed E-state index contributed by atoms with van der Waals surface area (Å²) in [6.45, 7) is 5.52. The molecule has 3 rings (SSSR count). The minimum absolute atomic E-state index is 0.0141. The fraction of sp³-hybridized carbons (Fsp3) is 0.263. The monoisotopic (exact) mass is 341 g/mol. The third kappa shape index (κ3) is 3.03. The van der Waals surface area contributed by atoms with Gasteiger partial charge in [0, 0.05) is 23.4 Å². The SMILES string of the molecule is CCc1oc(C(=O)NC(C)c2oc3ccccc3c2C)cc1C(=O)O. The zero-order valence-corrected chi connectivity index (χ0v) is 14.3. The molecule has 2 aromatic heterocycles. The van der Waals surface area contributed by atoms with Gasteiger partial charge in [-0.3, -0.25) is 4.79 Å². The first-order valence-electron chi connectivity index (χ1n) is 8.07. The van der Waals surface area contributed by atoms with E-state index in [0.29, 0.717) is 12.2 Å². The Morgan fingerprint density at radius 3 is 2.56 bits per heavy atom. The molecule has 1 aromatic carbocycles. The highest BCUT2D eigenvalue weighted by atomic mass is 16.4. The molecule has 0 saturated heterocycles. The highest BCUT2D eigenvalue weighted by Gasteiger charge is 2.23. The maximum atomic E-state index is 12.4. The van der Waals surface area contributed by atoms with Crippen molar-refractivity contribution in [1.82, 2.24) is 5.32 Å². The van der Waals surface area contributed by atoms with Crippen molar-refractivity contribution in [3.8, 4) is 0 Å². The number of amides is 1. The number of carbonyl (C=O) groups excluding carboxylic acids is 1. The molecular formula is C19H19NO5.